The highest BCUT2D eigenvalue weighted by Crippen LogP contribution is 2.30. The third-order valence-corrected chi connectivity index (χ3v) is 5.55. The van der Waals surface area contributed by atoms with Crippen molar-refractivity contribution >= 4 is 21.9 Å². The van der Waals surface area contributed by atoms with Gasteiger partial charge in [0.2, 0.25) is 0 Å². The van der Waals surface area contributed by atoms with E-state index in [9.17, 15) is 9.59 Å². The van der Waals surface area contributed by atoms with Crippen LogP contribution in [-0.2, 0) is 6.61 Å². The van der Waals surface area contributed by atoms with E-state index in [1.165, 1.54) is 6.07 Å². The average molecular weight is 424 g/mol. The summed E-state index contributed by atoms with van der Waals surface area (Å²) in [6, 6.07) is 21.8. The van der Waals surface area contributed by atoms with E-state index in [1.54, 1.807) is 36.4 Å². The first-order chi connectivity index (χ1) is 15.5. The monoisotopic (exact) mass is 424 g/mol. The van der Waals surface area contributed by atoms with Gasteiger partial charge in [-0.05, 0) is 49.2 Å². The molecule has 5 rings (SSSR count). The van der Waals surface area contributed by atoms with Crippen LogP contribution in [0.25, 0.3) is 33.1 Å². The molecule has 5 aromatic rings. The summed E-state index contributed by atoms with van der Waals surface area (Å²) < 4.78 is 16.8. The van der Waals surface area contributed by atoms with Gasteiger partial charge in [0.05, 0.1) is 5.56 Å². The van der Waals surface area contributed by atoms with Gasteiger partial charge in [-0.1, -0.05) is 42.0 Å². The summed E-state index contributed by atoms with van der Waals surface area (Å²) in [6.45, 7) is 4.48. The highest BCUT2D eigenvalue weighted by atomic mass is 16.5. The van der Waals surface area contributed by atoms with Crippen molar-refractivity contribution in [3.05, 3.63) is 110 Å². The van der Waals surface area contributed by atoms with Crippen molar-refractivity contribution in [2.24, 2.45) is 0 Å². The van der Waals surface area contributed by atoms with Crippen LogP contribution in [0.1, 0.15) is 16.7 Å². The van der Waals surface area contributed by atoms with Crippen molar-refractivity contribution in [1.29, 1.82) is 0 Å². The number of fused-ring (bicyclic) bond motifs is 2. The number of benzene rings is 3. The second kappa shape index (κ2) is 7.85. The van der Waals surface area contributed by atoms with Gasteiger partial charge in [0, 0.05) is 28.5 Å². The molecule has 0 spiro atoms. The zero-order valence-corrected chi connectivity index (χ0v) is 17.7. The van der Waals surface area contributed by atoms with Crippen LogP contribution in [0.3, 0.4) is 0 Å². The van der Waals surface area contributed by atoms with E-state index < -0.39 is 11.3 Å². The normalized spacial score (nSPS) is 11.2. The SMILES string of the molecule is Cc1ccc(C)c(COc2ccc3c(-c4cc5ccccc5oc4=O)cc(=O)oc3c2)c1. The predicted octanol–water partition coefficient (Wildman–Crippen LogP) is 5.76. The number of para-hydroxylation sites is 1. The van der Waals surface area contributed by atoms with E-state index in [1.807, 2.05) is 26.0 Å². The molecule has 5 heteroatoms. The lowest BCUT2D eigenvalue weighted by Gasteiger charge is -2.11. The molecular weight excluding hydrogens is 404 g/mol. The quantitative estimate of drug-likeness (QED) is 0.343. The second-order valence-electron chi connectivity index (χ2n) is 7.84. The third kappa shape index (κ3) is 3.69. The van der Waals surface area contributed by atoms with Crippen molar-refractivity contribution in [3.8, 4) is 16.9 Å². The van der Waals surface area contributed by atoms with Crippen LogP contribution >= 0.6 is 0 Å². The lowest BCUT2D eigenvalue weighted by atomic mass is 10.0. The Morgan fingerprint density at radius 1 is 0.781 bits per heavy atom. The Labute approximate surface area is 183 Å². The highest BCUT2D eigenvalue weighted by molar-refractivity contribution is 5.95. The Balaban J connectivity index is 1.56. The zero-order chi connectivity index (χ0) is 22.2. The van der Waals surface area contributed by atoms with Crippen molar-refractivity contribution in [2.45, 2.75) is 20.5 Å². The average Bonchev–Trinajstić information content (AvgIpc) is 2.78. The van der Waals surface area contributed by atoms with E-state index in [4.69, 9.17) is 13.6 Å². The summed E-state index contributed by atoms with van der Waals surface area (Å²) in [5.41, 5.74) is 3.97. The molecule has 0 radical (unpaired) electrons. The number of ether oxygens (including phenoxy) is 1. The molecule has 3 aromatic carbocycles. The van der Waals surface area contributed by atoms with Crippen LogP contribution in [0.2, 0.25) is 0 Å². The minimum Gasteiger partial charge on any atom is -0.489 e. The molecule has 0 saturated heterocycles. The van der Waals surface area contributed by atoms with E-state index in [0.717, 1.165) is 22.1 Å². The first kappa shape index (κ1) is 19.8. The summed E-state index contributed by atoms with van der Waals surface area (Å²) >= 11 is 0. The molecule has 0 amide bonds. The standard InChI is InChI=1S/C27H20O5/c1-16-7-8-17(2)19(11-16)15-30-20-9-10-21-22(14-26(28)31-25(21)13-20)23-12-18-5-3-4-6-24(18)32-27(23)29/h3-14H,15H2,1-2H3. The van der Waals surface area contributed by atoms with Gasteiger partial charge in [0.25, 0.3) is 0 Å². The predicted molar refractivity (Wildman–Crippen MR) is 124 cm³/mol. The van der Waals surface area contributed by atoms with Gasteiger partial charge in [-0.2, -0.15) is 0 Å². The lowest BCUT2D eigenvalue weighted by Crippen LogP contribution is -2.06. The number of hydrogen-bond donors (Lipinski definition) is 0. The molecule has 0 atom stereocenters. The Kier molecular flexibility index (Phi) is 4.86. The Morgan fingerprint density at radius 2 is 1.62 bits per heavy atom. The van der Waals surface area contributed by atoms with Crippen molar-refractivity contribution in [2.75, 3.05) is 0 Å². The summed E-state index contributed by atoms with van der Waals surface area (Å²) in [5, 5.41) is 1.41. The Bertz CT molecular complexity index is 1590. The molecule has 2 aromatic heterocycles. The summed E-state index contributed by atoms with van der Waals surface area (Å²) in [5.74, 6) is 0.573. The molecule has 158 valence electrons. The molecule has 2 heterocycles. The molecule has 32 heavy (non-hydrogen) atoms. The van der Waals surface area contributed by atoms with E-state index in [-0.39, 0.29) is 0 Å². The van der Waals surface area contributed by atoms with Crippen LogP contribution < -0.4 is 16.0 Å². The minimum absolute atomic E-state index is 0.311. The van der Waals surface area contributed by atoms with Crippen LogP contribution in [0.5, 0.6) is 5.75 Å². The third-order valence-electron chi connectivity index (χ3n) is 5.55. The van der Waals surface area contributed by atoms with Gasteiger partial charge in [0.1, 0.15) is 23.5 Å². The van der Waals surface area contributed by atoms with Crippen molar-refractivity contribution in [1.82, 2.24) is 0 Å². The first-order valence-corrected chi connectivity index (χ1v) is 10.3. The highest BCUT2D eigenvalue weighted by Gasteiger charge is 2.14. The van der Waals surface area contributed by atoms with E-state index in [0.29, 0.717) is 40.0 Å². The Hall–Kier alpha value is -4.12. The maximum absolute atomic E-state index is 12.7. The van der Waals surface area contributed by atoms with Crippen LogP contribution in [0.15, 0.2) is 91.2 Å². The molecule has 0 N–H and O–H groups in total. The molecular formula is C27H20O5. The molecule has 0 aliphatic carbocycles. The zero-order valence-electron chi connectivity index (χ0n) is 17.7. The second-order valence-corrected chi connectivity index (χ2v) is 7.84. The fraction of sp³-hybridized carbons (Fsp3) is 0.111. The van der Waals surface area contributed by atoms with Gasteiger partial charge < -0.3 is 13.6 Å². The topological polar surface area (TPSA) is 69.7 Å². The Morgan fingerprint density at radius 3 is 2.50 bits per heavy atom. The fourth-order valence-corrected chi connectivity index (χ4v) is 3.82. The smallest absolute Gasteiger partial charge is 0.344 e. The van der Waals surface area contributed by atoms with Crippen LogP contribution in [0, 0.1) is 13.8 Å². The molecule has 0 aliphatic rings. The van der Waals surface area contributed by atoms with Crippen LogP contribution in [0.4, 0.5) is 0 Å². The van der Waals surface area contributed by atoms with Gasteiger partial charge in [-0.3, -0.25) is 0 Å². The van der Waals surface area contributed by atoms with Gasteiger partial charge >= 0.3 is 11.3 Å². The number of rotatable bonds is 4. The van der Waals surface area contributed by atoms with Gasteiger partial charge in [0.15, 0.2) is 0 Å². The van der Waals surface area contributed by atoms with Crippen molar-refractivity contribution in [3.63, 3.8) is 0 Å². The largest absolute Gasteiger partial charge is 0.489 e. The number of aryl methyl sites for hydroxylation is 2. The molecule has 0 unspecified atom stereocenters. The van der Waals surface area contributed by atoms with E-state index >= 15 is 0 Å². The molecule has 0 aliphatic heterocycles. The molecule has 0 saturated carbocycles. The van der Waals surface area contributed by atoms with Crippen molar-refractivity contribution < 1.29 is 13.6 Å². The summed E-state index contributed by atoms with van der Waals surface area (Å²) in [4.78, 5) is 24.9. The summed E-state index contributed by atoms with van der Waals surface area (Å²) in [7, 11) is 0. The molecule has 0 fully saturated rings. The molecule has 0 bridgehead atoms. The fourth-order valence-electron chi connectivity index (χ4n) is 3.82. The summed E-state index contributed by atoms with van der Waals surface area (Å²) in [6.07, 6.45) is 0. The number of hydrogen-bond acceptors (Lipinski definition) is 5. The van der Waals surface area contributed by atoms with Gasteiger partial charge in [-0.25, -0.2) is 9.59 Å². The van der Waals surface area contributed by atoms with Crippen LogP contribution in [-0.4, -0.2) is 0 Å². The maximum Gasteiger partial charge on any atom is 0.344 e. The lowest BCUT2D eigenvalue weighted by molar-refractivity contribution is 0.305. The van der Waals surface area contributed by atoms with E-state index in [2.05, 4.69) is 18.2 Å². The first-order valence-electron chi connectivity index (χ1n) is 10.3. The van der Waals surface area contributed by atoms with Gasteiger partial charge in [-0.15, -0.1) is 0 Å². The maximum atomic E-state index is 12.7. The molecule has 5 nitrogen and oxygen atoms in total. The minimum atomic E-state index is -0.549.